The van der Waals surface area contributed by atoms with Crippen molar-refractivity contribution in [3.8, 4) is 0 Å². The Morgan fingerprint density at radius 1 is 1.27 bits per heavy atom. The first kappa shape index (κ1) is 14.7. The SMILES string of the molecule is Cc1cc(NNS(=O)(=O)c2ccccc2Cl)n2ncnc2n1. The first-order valence-electron chi connectivity index (χ1n) is 6.17. The number of aryl methyl sites for hydroxylation is 1. The standard InChI is InChI=1S/C12H11ClN6O2S/c1-8-6-11(19-12(16-8)14-7-15-19)17-18-22(20,21)10-5-3-2-4-9(10)13/h2-7,17-18H,1H3. The van der Waals surface area contributed by atoms with Crippen molar-refractivity contribution in [2.24, 2.45) is 0 Å². The molecule has 0 radical (unpaired) electrons. The van der Waals surface area contributed by atoms with Gasteiger partial charge in [-0.1, -0.05) is 23.7 Å². The largest absolute Gasteiger partial charge is 0.292 e. The lowest BCUT2D eigenvalue weighted by Crippen LogP contribution is -2.31. The van der Waals surface area contributed by atoms with Crippen LogP contribution < -0.4 is 10.3 Å². The molecule has 2 N–H and O–H groups in total. The minimum atomic E-state index is -3.83. The third kappa shape index (κ3) is 2.73. The summed E-state index contributed by atoms with van der Waals surface area (Å²) in [5.74, 6) is 0.745. The van der Waals surface area contributed by atoms with Gasteiger partial charge in [0.25, 0.3) is 15.8 Å². The molecule has 3 rings (SSSR count). The van der Waals surface area contributed by atoms with E-state index in [0.717, 1.165) is 0 Å². The molecule has 0 fully saturated rings. The second-order valence-corrected chi connectivity index (χ2v) is 6.47. The summed E-state index contributed by atoms with van der Waals surface area (Å²) in [6.45, 7) is 1.77. The Morgan fingerprint density at radius 3 is 2.82 bits per heavy atom. The zero-order valence-corrected chi connectivity index (χ0v) is 12.9. The van der Waals surface area contributed by atoms with E-state index in [1.807, 2.05) is 0 Å². The molecule has 22 heavy (non-hydrogen) atoms. The molecule has 0 saturated carbocycles. The summed E-state index contributed by atoms with van der Waals surface area (Å²) < 4.78 is 25.9. The summed E-state index contributed by atoms with van der Waals surface area (Å²) in [4.78, 5) is 10.4. The van der Waals surface area contributed by atoms with E-state index in [1.54, 1.807) is 25.1 Å². The molecule has 3 aromatic rings. The average Bonchev–Trinajstić information content (AvgIpc) is 2.93. The number of hydrazine groups is 1. The molecule has 0 aliphatic heterocycles. The molecule has 2 aromatic heterocycles. The number of nitrogens with zero attached hydrogens (tertiary/aromatic N) is 4. The van der Waals surface area contributed by atoms with Gasteiger partial charge in [0.15, 0.2) is 0 Å². The summed E-state index contributed by atoms with van der Waals surface area (Å²) in [7, 11) is -3.83. The van der Waals surface area contributed by atoms with Crippen molar-refractivity contribution in [3.63, 3.8) is 0 Å². The van der Waals surface area contributed by atoms with Gasteiger partial charge in [-0.25, -0.2) is 13.4 Å². The second-order valence-electron chi connectivity index (χ2n) is 4.42. The van der Waals surface area contributed by atoms with Crippen molar-refractivity contribution in [2.45, 2.75) is 11.8 Å². The maximum absolute atomic E-state index is 12.3. The molecule has 114 valence electrons. The van der Waals surface area contributed by atoms with Gasteiger partial charge in [-0.2, -0.15) is 14.6 Å². The molecule has 0 amide bonds. The normalized spacial score (nSPS) is 11.7. The number of halogens is 1. The highest BCUT2D eigenvalue weighted by Gasteiger charge is 2.17. The zero-order valence-electron chi connectivity index (χ0n) is 11.4. The molecule has 2 heterocycles. The average molecular weight is 339 g/mol. The molecule has 0 bridgehead atoms. The van der Waals surface area contributed by atoms with Crippen molar-refractivity contribution < 1.29 is 8.42 Å². The topological polar surface area (TPSA) is 101 Å². The number of anilines is 1. The van der Waals surface area contributed by atoms with Crippen LogP contribution in [0.3, 0.4) is 0 Å². The Kier molecular flexibility index (Phi) is 3.69. The maximum atomic E-state index is 12.3. The molecule has 0 atom stereocenters. The number of benzene rings is 1. The second kappa shape index (κ2) is 5.52. The highest BCUT2D eigenvalue weighted by molar-refractivity contribution is 7.89. The lowest BCUT2D eigenvalue weighted by atomic mass is 10.4. The highest BCUT2D eigenvalue weighted by Crippen LogP contribution is 2.20. The number of hydrogen-bond acceptors (Lipinski definition) is 6. The predicted octanol–water partition coefficient (Wildman–Crippen LogP) is 1.39. The molecule has 0 unspecified atom stereocenters. The number of sulfonamides is 1. The molecule has 0 aliphatic rings. The van der Waals surface area contributed by atoms with Gasteiger partial charge in [0, 0.05) is 11.8 Å². The number of aromatic nitrogens is 4. The van der Waals surface area contributed by atoms with Crippen molar-refractivity contribution in [1.29, 1.82) is 0 Å². The molecule has 0 aliphatic carbocycles. The van der Waals surface area contributed by atoms with Gasteiger partial charge in [0.2, 0.25) is 0 Å². The molecular formula is C12H11ClN6O2S. The van der Waals surface area contributed by atoms with Crippen LogP contribution in [0.4, 0.5) is 5.82 Å². The molecule has 1 aromatic carbocycles. The van der Waals surface area contributed by atoms with Crippen molar-refractivity contribution in [1.82, 2.24) is 24.4 Å². The fourth-order valence-corrected chi connectivity index (χ4v) is 3.23. The van der Waals surface area contributed by atoms with Gasteiger partial charge in [0.05, 0.1) is 5.02 Å². The third-order valence-corrected chi connectivity index (χ3v) is 4.57. The minimum Gasteiger partial charge on any atom is -0.292 e. The van der Waals surface area contributed by atoms with Gasteiger partial charge in [-0.15, -0.1) is 4.83 Å². The third-order valence-electron chi connectivity index (χ3n) is 2.82. The van der Waals surface area contributed by atoms with Crippen LogP contribution in [0.2, 0.25) is 5.02 Å². The van der Waals surface area contributed by atoms with Gasteiger partial charge in [-0.05, 0) is 19.1 Å². The lowest BCUT2D eigenvalue weighted by molar-refractivity contribution is 0.587. The van der Waals surface area contributed by atoms with Gasteiger partial charge >= 0.3 is 0 Å². The Balaban J connectivity index is 1.91. The van der Waals surface area contributed by atoms with Crippen molar-refractivity contribution in [2.75, 3.05) is 5.43 Å². The van der Waals surface area contributed by atoms with Crippen LogP contribution in [0, 0.1) is 6.92 Å². The van der Waals surface area contributed by atoms with Crippen LogP contribution in [0.1, 0.15) is 5.69 Å². The summed E-state index contributed by atoms with van der Waals surface area (Å²) in [5.41, 5.74) is 3.27. The quantitative estimate of drug-likeness (QED) is 0.697. The van der Waals surface area contributed by atoms with E-state index in [4.69, 9.17) is 11.6 Å². The molecular weight excluding hydrogens is 328 g/mol. The highest BCUT2D eigenvalue weighted by atomic mass is 35.5. The van der Waals surface area contributed by atoms with Gasteiger partial charge in [-0.3, -0.25) is 5.43 Å². The van der Waals surface area contributed by atoms with E-state index in [0.29, 0.717) is 17.3 Å². The summed E-state index contributed by atoms with van der Waals surface area (Å²) in [6.07, 6.45) is 1.33. The van der Waals surface area contributed by atoms with E-state index in [9.17, 15) is 8.42 Å². The monoisotopic (exact) mass is 338 g/mol. The lowest BCUT2D eigenvalue weighted by Gasteiger charge is -2.11. The van der Waals surface area contributed by atoms with Crippen molar-refractivity contribution >= 4 is 33.2 Å². The first-order chi connectivity index (χ1) is 10.5. The maximum Gasteiger partial charge on any atom is 0.258 e. The van der Waals surface area contributed by atoms with E-state index in [-0.39, 0.29) is 9.92 Å². The summed E-state index contributed by atoms with van der Waals surface area (Å²) in [6, 6.07) is 7.79. The number of hydrogen-bond donors (Lipinski definition) is 2. The smallest absolute Gasteiger partial charge is 0.258 e. The van der Waals surface area contributed by atoms with E-state index < -0.39 is 10.0 Å². The Labute approximate surface area is 131 Å². The van der Waals surface area contributed by atoms with Crippen LogP contribution in [0.5, 0.6) is 0 Å². The molecule has 0 spiro atoms. The predicted molar refractivity (Wildman–Crippen MR) is 80.9 cm³/mol. The van der Waals surface area contributed by atoms with E-state index >= 15 is 0 Å². The van der Waals surface area contributed by atoms with E-state index in [2.05, 4.69) is 25.3 Å². The van der Waals surface area contributed by atoms with Gasteiger partial charge in [0.1, 0.15) is 17.0 Å². The Bertz CT molecular complexity index is 940. The summed E-state index contributed by atoms with van der Waals surface area (Å²) in [5, 5.41) is 4.10. The fraction of sp³-hybridized carbons (Fsp3) is 0.0833. The van der Waals surface area contributed by atoms with Gasteiger partial charge < -0.3 is 0 Å². The van der Waals surface area contributed by atoms with Crippen LogP contribution in [-0.2, 0) is 10.0 Å². The number of nitrogens with one attached hydrogen (secondary N) is 2. The van der Waals surface area contributed by atoms with Crippen LogP contribution >= 0.6 is 11.6 Å². The van der Waals surface area contributed by atoms with Crippen LogP contribution in [-0.4, -0.2) is 28.0 Å². The Morgan fingerprint density at radius 2 is 2.05 bits per heavy atom. The van der Waals surface area contributed by atoms with Crippen LogP contribution in [0.25, 0.3) is 5.78 Å². The van der Waals surface area contributed by atoms with Crippen LogP contribution in [0.15, 0.2) is 41.6 Å². The number of rotatable bonds is 4. The molecule has 0 saturated heterocycles. The zero-order chi connectivity index (χ0) is 15.7. The number of fused-ring (bicyclic) bond motifs is 1. The minimum absolute atomic E-state index is 0.0234. The van der Waals surface area contributed by atoms with Crippen molar-refractivity contribution in [3.05, 3.63) is 47.4 Å². The molecule has 10 heteroatoms. The van der Waals surface area contributed by atoms with E-state index in [1.165, 1.54) is 23.0 Å². The Hall–Kier alpha value is -2.23. The molecule has 8 nitrogen and oxygen atoms in total. The fourth-order valence-electron chi connectivity index (χ4n) is 1.86. The summed E-state index contributed by atoms with van der Waals surface area (Å²) >= 11 is 5.91. The first-order valence-corrected chi connectivity index (χ1v) is 8.03.